The van der Waals surface area contributed by atoms with Crippen molar-refractivity contribution in [2.24, 2.45) is 0 Å². The number of thiol groups is 1. The van der Waals surface area contributed by atoms with Crippen LogP contribution < -0.4 is 0 Å². The second-order valence-electron chi connectivity index (χ2n) is 5.86. The van der Waals surface area contributed by atoms with E-state index in [0.717, 1.165) is 0 Å². The van der Waals surface area contributed by atoms with Crippen LogP contribution in [0.4, 0.5) is 0 Å². The molecule has 0 unspecified atom stereocenters. The van der Waals surface area contributed by atoms with Gasteiger partial charge in [-0.3, -0.25) is 0 Å². The van der Waals surface area contributed by atoms with Crippen LogP contribution in [0.25, 0.3) is 0 Å². The van der Waals surface area contributed by atoms with Crippen molar-refractivity contribution >= 4 is 61.8 Å². The molecule has 1 aromatic rings. The maximum absolute atomic E-state index is 12.3. The van der Waals surface area contributed by atoms with Crippen molar-refractivity contribution in [3.05, 3.63) is 0 Å². The summed E-state index contributed by atoms with van der Waals surface area (Å²) in [7, 11) is -23.2. The molecule has 10 nitrogen and oxygen atoms in total. The van der Waals surface area contributed by atoms with Crippen molar-refractivity contribution in [2.45, 2.75) is 29.4 Å². The second kappa shape index (κ2) is 7.89. The van der Waals surface area contributed by atoms with Gasteiger partial charge in [0.05, 0.1) is 0 Å². The van der Waals surface area contributed by atoms with Crippen LogP contribution in [-0.4, -0.2) is 73.4 Å². The van der Waals surface area contributed by atoms with E-state index in [9.17, 15) is 42.1 Å². The maximum atomic E-state index is 12.3. The molecule has 0 radical (unpaired) electrons. The summed E-state index contributed by atoms with van der Waals surface area (Å²) in [5.41, 5.74) is 0. The van der Waals surface area contributed by atoms with Gasteiger partial charge in [0.25, 0.3) is 0 Å². The van der Waals surface area contributed by atoms with Gasteiger partial charge in [-0.2, -0.15) is 0 Å². The van der Waals surface area contributed by atoms with Crippen LogP contribution in [-0.2, 0) is 68.7 Å². The summed E-state index contributed by atoms with van der Waals surface area (Å²) in [5.74, 6) is 0. The van der Waals surface area contributed by atoms with Gasteiger partial charge in [-0.1, -0.05) is 0 Å². The molecule has 0 saturated carbocycles. The molecule has 0 spiro atoms. The first kappa shape index (κ1) is 27.9. The third-order valence-corrected chi connectivity index (χ3v) is 10.1. The van der Waals surface area contributed by atoms with Crippen LogP contribution in [0.5, 0.6) is 0 Å². The molecule has 28 heavy (non-hydrogen) atoms. The molecule has 158 valence electrons. The number of benzene rings is 1. The van der Waals surface area contributed by atoms with E-state index in [1.807, 2.05) is 0 Å². The molecule has 0 aromatic heterocycles. The monoisotopic (exact) mass is 564 g/mol. The van der Waals surface area contributed by atoms with Gasteiger partial charge in [0.2, 0.25) is 0 Å². The van der Waals surface area contributed by atoms with Gasteiger partial charge >= 0.3 is 0 Å². The van der Waals surface area contributed by atoms with Gasteiger partial charge in [-0.15, -0.1) is 12.6 Å². The quantitative estimate of drug-likeness (QED) is 0.344. The van der Waals surface area contributed by atoms with E-state index >= 15 is 0 Å². The molecule has 0 N–H and O–H groups in total. The Hall–Kier alpha value is -0.0566. The first-order chi connectivity index (χ1) is 11.5. The van der Waals surface area contributed by atoms with Gasteiger partial charge in [0.1, 0.15) is 24.5 Å². The predicted molar refractivity (Wildman–Crippen MR) is 99.2 cm³/mol. The van der Waals surface area contributed by atoms with Gasteiger partial charge in [-0.05, 0) is 0 Å². The molecule has 1 aromatic carbocycles. The van der Waals surface area contributed by atoms with Crippen LogP contribution in [0, 0.1) is 0 Å². The van der Waals surface area contributed by atoms with Crippen molar-refractivity contribution in [3.63, 3.8) is 0 Å². The fourth-order valence-electron chi connectivity index (χ4n) is 2.33. The zero-order valence-corrected chi connectivity index (χ0v) is 23.2. The Morgan fingerprint density at radius 2 is 0.571 bits per heavy atom. The minimum atomic E-state index is -4.73. The predicted octanol–water partition coefficient (Wildman–Crippen LogP) is -1.01. The summed E-state index contributed by atoms with van der Waals surface area (Å²) in [6, 6.07) is 0. The fourth-order valence-corrected chi connectivity index (χ4v) is 12.0. The Morgan fingerprint density at radius 3 is 0.714 bits per heavy atom. The smallest absolute Gasteiger partial charge is 0.178 e. The van der Waals surface area contributed by atoms with Gasteiger partial charge < -0.3 is 0 Å². The third-order valence-electron chi connectivity index (χ3n) is 3.11. The van der Waals surface area contributed by atoms with Crippen molar-refractivity contribution in [1.82, 2.24) is 0 Å². The first-order valence-electron chi connectivity index (χ1n) is 6.45. The molecule has 0 aliphatic heterocycles. The summed E-state index contributed by atoms with van der Waals surface area (Å²) in [6.45, 7) is 0. The first-order valence-corrected chi connectivity index (χ1v) is 16.4. The SMILES string of the molecule is CS(=O)(=O)c1c(S)c(S(C)(=O)=O)c(S(C)(=O)=O)c(S(C)(=O)=O)c1S(C)(=O)=O.[Zn]. The molecule has 0 fully saturated rings. The maximum Gasteiger partial charge on any atom is 0.178 e. The molecule has 0 heterocycles. The molecule has 1 rings (SSSR count). The number of hydrogen-bond donors (Lipinski definition) is 1. The Bertz CT molecular complexity index is 1280. The van der Waals surface area contributed by atoms with E-state index in [1.54, 1.807) is 0 Å². The number of sulfone groups is 5. The van der Waals surface area contributed by atoms with Crippen LogP contribution in [0.1, 0.15) is 0 Å². The Kier molecular flexibility index (Phi) is 7.87. The summed E-state index contributed by atoms with van der Waals surface area (Å²) >= 11 is 3.76. The van der Waals surface area contributed by atoms with E-state index in [2.05, 4.69) is 12.6 Å². The minimum absolute atomic E-state index is 0. The third kappa shape index (κ3) is 5.55. The van der Waals surface area contributed by atoms with E-state index in [-0.39, 0.29) is 19.5 Å². The molecular formula is C11H16O10S6Zn. The summed E-state index contributed by atoms with van der Waals surface area (Å²) in [6.07, 6.45) is 2.38. The molecule has 0 saturated heterocycles. The molecule has 0 amide bonds. The molecule has 17 heteroatoms. The van der Waals surface area contributed by atoms with E-state index in [1.165, 1.54) is 0 Å². The molecular weight excluding hydrogens is 550 g/mol. The molecule has 0 bridgehead atoms. The Balaban J connectivity index is 0.00000729. The van der Waals surface area contributed by atoms with Crippen molar-refractivity contribution in [3.8, 4) is 0 Å². The average Bonchev–Trinajstić information content (AvgIpc) is 2.29. The van der Waals surface area contributed by atoms with Crippen LogP contribution in [0.3, 0.4) is 0 Å². The topological polar surface area (TPSA) is 171 Å². The summed E-state index contributed by atoms with van der Waals surface area (Å²) in [4.78, 5) is -7.52. The molecule has 0 atom stereocenters. The summed E-state index contributed by atoms with van der Waals surface area (Å²) in [5, 5.41) is 0. The van der Waals surface area contributed by atoms with E-state index in [0.29, 0.717) is 31.3 Å². The average molecular weight is 566 g/mol. The van der Waals surface area contributed by atoms with Crippen molar-refractivity contribution < 1.29 is 61.6 Å². The second-order valence-corrected chi connectivity index (χ2v) is 16.1. The van der Waals surface area contributed by atoms with E-state index < -0.39 is 78.6 Å². The largest absolute Gasteiger partial charge is 0.224 e. The number of hydrogen-bond acceptors (Lipinski definition) is 11. The zero-order chi connectivity index (χ0) is 22.0. The zero-order valence-electron chi connectivity index (χ0n) is 15.3. The van der Waals surface area contributed by atoms with Crippen molar-refractivity contribution in [1.29, 1.82) is 0 Å². The van der Waals surface area contributed by atoms with Gasteiger partial charge in [0, 0.05) is 55.7 Å². The summed E-state index contributed by atoms with van der Waals surface area (Å²) < 4.78 is 122. The number of rotatable bonds is 5. The minimum Gasteiger partial charge on any atom is -0.224 e. The molecule has 0 aliphatic carbocycles. The van der Waals surface area contributed by atoms with Gasteiger partial charge in [0.15, 0.2) is 49.2 Å². The van der Waals surface area contributed by atoms with Crippen LogP contribution >= 0.6 is 12.6 Å². The fraction of sp³-hybridized carbons (Fsp3) is 0.455. The Labute approximate surface area is 182 Å². The Morgan fingerprint density at radius 1 is 0.429 bits per heavy atom. The van der Waals surface area contributed by atoms with Crippen LogP contribution in [0.15, 0.2) is 29.4 Å². The normalized spacial score (nSPS) is 13.8. The molecule has 0 aliphatic rings. The van der Waals surface area contributed by atoms with Crippen molar-refractivity contribution in [2.75, 3.05) is 31.3 Å². The van der Waals surface area contributed by atoms with E-state index in [4.69, 9.17) is 0 Å². The van der Waals surface area contributed by atoms with Crippen LogP contribution in [0.2, 0.25) is 0 Å². The van der Waals surface area contributed by atoms with Gasteiger partial charge in [-0.25, -0.2) is 42.1 Å². The standard InChI is InChI=1S/C11H16O10S6.Zn/c1-23(12,13)7-6(22)8(24(2,14)15)10(26(4,18)19)11(27(5,20)21)9(7)25(3,16)17;/h22H,1-5H3;.